The highest BCUT2D eigenvalue weighted by molar-refractivity contribution is 5.74. The third-order valence-corrected chi connectivity index (χ3v) is 3.22. The number of carbonyl (C=O) groups excluding carboxylic acids is 1. The predicted octanol–water partition coefficient (Wildman–Crippen LogP) is 3.02. The number of halogens is 1. The molecule has 0 aliphatic heterocycles. The summed E-state index contributed by atoms with van der Waals surface area (Å²) in [6.45, 7) is 3.85. The molecule has 0 amide bonds. The third kappa shape index (κ3) is 3.89. The van der Waals surface area contributed by atoms with Gasteiger partial charge in [0.15, 0.2) is 0 Å². The van der Waals surface area contributed by atoms with Crippen molar-refractivity contribution >= 4 is 5.97 Å². The highest BCUT2D eigenvalue weighted by atomic mass is 19.1. The van der Waals surface area contributed by atoms with E-state index in [9.17, 15) is 9.18 Å². The first kappa shape index (κ1) is 15.2. The lowest BCUT2D eigenvalue weighted by molar-refractivity contribution is -0.149. The summed E-state index contributed by atoms with van der Waals surface area (Å²) in [5.74, 6) is -1.87. The van der Waals surface area contributed by atoms with Crippen LogP contribution in [0.25, 0.3) is 0 Å². The van der Waals surface area contributed by atoms with Crippen molar-refractivity contribution in [1.29, 1.82) is 0 Å². The van der Waals surface area contributed by atoms with Crippen molar-refractivity contribution in [3.63, 3.8) is 0 Å². The molecule has 0 heterocycles. The molecule has 0 aliphatic rings. The number of hydrogen-bond acceptors (Lipinski definition) is 3. The molecule has 2 unspecified atom stereocenters. The van der Waals surface area contributed by atoms with E-state index in [0.717, 1.165) is 5.56 Å². The number of ether oxygens (including phenoxy) is 1. The summed E-state index contributed by atoms with van der Waals surface area (Å²) in [4.78, 5) is 12.0. The van der Waals surface area contributed by atoms with Gasteiger partial charge < -0.3 is 10.5 Å². The largest absolute Gasteiger partial charge is 0.461 e. The summed E-state index contributed by atoms with van der Waals surface area (Å²) >= 11 is 0. The first-order valence-electron chi connectivity index (χ1n) is 6.63. The van der Waals surface area contributed by atoms with Gasteiger partial charge >= 0.3 is 5.97 Å². The fourth-order valence-electron chi connectivity index (χ4n) is 1.94. The van der Waals surface area contributed by atoms with E-state index in [1.165, 1.54) is 6.07 Å². The summed E-state index contributed by atoms with van der Waals surface area (Å²) in [6.07, 6.45) is 0. The first-order valence-corrected chi connectivity index (χ1v) is 6.63. The van der Waals surface area contributed by atoms with Crippen molar-refractivity contribution in [2.75, 3.05) is 0 Å². The van der Waals surface area contributed by atoms with Gasteiger partial charge in [-0.05, 0) is 18.6 Å². The Bertz CT molecular complexity index is 601. The molecule has 2 aromatic rings. The maximum Gasteiger partial charge on any atom is 0.311 e. The second kappa shape index (κ2) is 6.99. The molecule has 3 nitrogen and oxygen atoms in total. The van der Waals surface area contributed by atoms with Gasteiger partial charge in [-0.3, -0.25) is 4.79 Å². The number of benzene rings is 2. The minimum atomic E-state index is -0.870. The Kier molecular flexibility index (Phi) is 5.06. The van der Waals surface area contributed by atoms with Crippen LogP contribution in [-0.2, 0) is 16.1 Å². The van der Waals surface area contributed by atoms with Gasteiger partial charge in [-0.1, -0.05) is 48.5 Å². The van der Waals surface area contributed by atoms with E-state index < -0.39 is 23.7 Å². The number of rotatable bonds is 5. The molecule has 0 saturated heterocycles. The molecule has 109 valence electrons. The van der Waals surface area contributed by atoms with Crippen molar-refractivity contribution in [3.8, 4) is 0 Å². The average Bonchev–Trinajstić information content (AvgIpc) is 2.52. The zero-order valence-electron chi connectivity index (χ0n) is 11.5. The summed E-state index contributed by atoms with van der Waals surface area (Å²) in [6, 6.07) is 14.5. The first-order chi connectivity index (χ1) is 10.1. The number of esters is 1. The van der Waals surface area contributed by atoms with E-state index in [1.54, 1.807) is 18.2 Å². The maximum atomic E-state index is 13.7. The fourth-order valence-corrected chi connectivity index (χ4v) is 1.94. The van der Waals surface area contributed by atoms with Crippen molar-refractivity contribution in [1.82, 2.24) is 0 Å². The Balaban J connectivity index is 1.97. The van der Waals surface area contributed by atoms with Gasteiger partial charge in [0.2, 0.25) is 0 Å². The van der Waals surface area contributed by atoms with Gasteiger partial charge in [-0.25, -0.2) is 4.39 Å². The van der Waals surface area contributed by atoms with Gasteiger partial charge in [0, 0.05) is 11.6 Å². The normalized spacial score (nSPS) is 13.5. The molecule has 2 N–H and O–H groups in total. The van der Waals surface area contributed by atoms with E-state index >= 15 is 0 Å². The van der Waals surface area contributed by atoms with Crippen LogP contribution in [0.2, 0.25) is 0 Å². The van der Waals surface area contributed by atoms with Crippen LogP contribution in [0.4, 0.5) is 4.39 Å². The average molecular weight is 286 g/mol. The van der Waals surface area contributed by atoms with Crippen LogP contribution in [0.3, 0.4) is 0 Å². The Morgan fingerprint density at radius 3 is 2.43 bits per heavy atom. The standard InChI is InChI=1S/C17H17FNO2/c1-12(16(19)14-9-5-6-10-15(14)18)17(20)21-11-13-7-3-2-4-8-13/h2-10,12,16H,1,11,19H2. The second-order valence-corrected chi connectivity index (χ2v) is 4.75. The molecule has 2 atom stereocenters. The maximum absolute atomic E-state index is 13.7. The lowest BCUT2D eigenvalue weighted by atomic mass is 9.95. The Morgan fingerprint density at radius 2 is 1.76 bits per heavy atom. The lowest BCUT2D eigenvalue weighted by Crippen LogP contribution is -2.28. The van der Waals surface area contributed by atoms with Gasteiger partial charge in [-0.15, -0.1) is 0 Å². The molecule has 0 spiro atoms. The lowest BCUT2D eigenvalue weighted by Gasteiger charge is -2.19. The van der Waals surface area contributed by atoms with E-state index in [1.807, 2.05) is 30.3 Å². The molecule has 0 aliphatic carbocycles. The minimum Gasteiger partial charge on any atom is -0.461 e. The molecule has 2 aromatic carbocycles. The van der Waals surface area contributed by atoms with Gasteiger partial charge in [-0.2, -0.15) is 0 Å². The Hall–Kier alpha value is -2.20. The van der Waals surface area contributed by atoms with Crippen LogP contribution in [0.5, 0.6) is 0 Å². The number of hydrogen-bond donors (Lipinski definition) is 1. The number of nitrogens with two attached hydrogens (primary N) is 1. The van der Waals surface area contributed by atoms with Crippen LogP contribution in [0.1, 0.15) is 17.2 Å². The minimum absolute atomic E-state index is 0.148. The van der Waals surface area contributed by atoms with E-state index in [0.29, 0.717) is 0 Å². The smallest absolute Gasteiger partial charge is 0.311 e. The molecular weight excluding hydrogens is 269 g/mol. The Labute approximate surface area is 123 Å². The molecule has 1 radical (unpaired) electrons. The van der Waals surface area contributed by atoms with Crippen LogP contribution in [0, 0.1) is 18.7 Å². The van der Waals surface area contributed by atoms with E-state index in [2.05, 4.69) is 6.92 Å². The molecule has 4 heteroatoms. The van der Waals surface area contributed by atoms with Gasteiger partial charge in [0.1, 0.15) is 12.4 Å². The van der Waals surface area contributed by atoms with Crippen molar-refractivity contribution in [3.05, 3.63) is 78.5 Å². The molecule has 0 bridgehead atoms. The molecule has 0 fully saturated rings. The molecule has 0 aromatic heterocycles. The summed E-state index contributed by atoms with van der Waals surface area (Å²) in [5, 5.41) is 0. The highest BCUT2D eigenvalue weighted by Crippen LogP contribution is 2.23. The van der Waals surface area contributed by atoms with Gasteiger partial charge in [0.05, 0.1) is 5.92 Å². The topological polar surface area (TPSA) is 52.3 Å². The zero-order valence-corrected chi connectivity index (χ0v) is 11.5. The fraction of sp³-hybridized carbons (Fsp3) is 0.176. The van der Waals surface area contributed by atoms with E-state index in [-0.39, 0.29) is 12.2 Å². The summed E-state index contributed by atoms with van der Waals surface area (Å²) in [7, 11) is 0. The highest BCUT2D eigenvalue weighted by Gasteiger charge is 2.25. The zero-order chi connectivity index (χ0) is 15.2. The second-order valence-electron chi connectivity index (χ2n) is 4.75. The van der Waals surface area contributed by atoms with Crippen LogP contribution in [0.15, 0.2) is 54.6 Å². The van der Waals surface area contributed by atoms with Crippen LogP contribution < -0.4 is 5.73 Å². The van der Waals surface area contributed by atoms with Crippen molar-refractivity contribution < 1.29 is 13.9 Å². The summed E-state index contributed by atoms with van der Waals surface area (Å²) in [5.41, 5.74) is 7.04. The van der Waals surface area contributed by atoms with Crippen molar-refractivity contribution in [2.24, 2.45) is 11.7 Å². The Morgan fingerprint density at radius 1 is 1.14 bits per heavy atom. The predicted molar refractivity (Wildman–Crippen MR) is 78.4 cm³/mol. The SMILES string of the molecule is [CH2]C(C(=O)OCc1ccccc1)C(N)c1ccccc1F. The van der Waals surface area contributed by atoms with Crippen molar-refractivity contribution in [2.45, 2.75) is 12.6 Å². The third-order valence-electron chi connectivity index (χ3n) is 3.22. The quantitative estimate of drug-likeness (QED) is 0.860. The van der Waals surface area contributed by atoms with E-state index in [4.69, 9.17) is 10.5 Å². The monoisotopic (exact) mass is 286 g/mol. The summed E-state index contributed by atoms with van der Waals surface area (Å²) < 4.78 is 18.8. The van der Waals surface area contributed by atoms with Crippen LogP contribution >= 0.6 is 0 Å². The van der Waals surface area contributed by atoms with Gasteiger partial charge in [0.25, 0.3) is 0 Å². The molecule has 0 saturated carbocycles. The molecule has 21 heavy (non-hydrogen) atoms. The molecular formula is C17H17FNO2. The molecule has 2 rings (SSSR count). The van der Waals surface area contributed by atoms with Crippen LogP contribution in [-0.4, -0.2) is 5.97 Å². The number of carbonyl (C=O) groups is 1.